The molecule has 0 aromatic carbocycles. The Balaban J connectivity index is 2.41. The van der Waals surface area contributed by atoms with Crippen molar-refractivity contribution in [1.82, 2.24) is 9.97 Å². The minimum atomic E-state index is 0.283. The van der Waals surface area contributed by atoms with Gasteiger partial charge in [-0.2, -0.15) is 0 Å². The van der Waals surface area contributed by atoms with Gasteiger partial charge in [0.05, 0.1) is 0 Å². The smallest absolute Gasteiger partial charge is 0.145 e. The number of hydrazine groups is 1. The SMILES string of the molecule is CCCc1nc(NN)cc(NCCCCCCO)n1. The van der Waals surface area contributed by atoms with Crippen LogP contribution >= 0.6 is 0 Å². The second kappa shape index (κ2) is 9.52. The number of aliphatic hydroxyl groups is 1. The highest BCUT2D eigenvalue weighted by Crippen LogP contribution is 2.12. The van der Waals surface area contributed by atoms with Crippen molar-refractivity contribution in [3.8, 4) is 0 Å². The molecule has 1 heterocycles. The predicted octanol–water partition coefficient (Wildman–Crippen LogP) is 1.68. The Hall–Kier alpha value is -1.40. The Morgan fingerprint density at radius 3 is 2.58 bits per heavy atom. The van der Waals surface area contributed by atoms with Gasteiger partial charge < -0.3 is 15.8 Å². The van der Waals surface area contributed by atoms with Crippen LogP contribution in [-0.2, 0) is 6.42 Å². The Bertz CT molecular complexity index is 359. The van der Waals surface area contributed by atoms with Gasteiger partial charge in [0, 0.05) is 25.6 Å². The molecule has 0 aliphatic rings. The summed E-state index contributed by atoms with van der Waals surface area (Å²) in [7, 11) is 0. The number of hydrogen-bond donors (Lipinski definition) is 4. The molecule has 0 aliphatic heterocycles. The van der Waals surface area contributed by atoms with Crippen molar-refractivity contribution in [1.29, 1.82) is 0 Å². The Kier molecular flexibility index (Phi) is 7.84. The van der Waals surface area contributed by atoms with Gasteiger partial charge in [0.15, 0.2) is 0 Å². The third kappa shape index (κ3) is 6.35. The standard InChI is InChI=1S/C13H25N5O/c1-2-7-11-16-12(10-13(17-11)18-14)15-8-5-3-4-6-9-19/h10,19H,2-9,14H2,1H3,(H2,15,16,17,18). The number of nitrogens with one attached hydrogen (secondary N) is 2. The maximum absolute atomic E-state index is 8.69. The zero-order chi connectivity index (χ0) is 13.9. The minimum absolute atomic E-state index is 0.283. The molecule has 19 heavy (non-hydrogen) atoms. The highest BCUT2D eigenvalue weighted by Gasteiger charge is 2.03. The van der Waals surface area contributed by atoms with Crippen molar-refractivity contribution in [3.63, 3.8) is 0 Å². The lowest BCUT2D eigenvalue weighted by Crippen LogP contribution is -2.12. The van der Waals surface area contributed by atoms with Gasteiger partial charge in [-0.3, -0.25) is 0 Å². The summed E-state index contributed by atoms with van der Waals surface area (Å²) in [5.41, 5.74) is 2.57. The van der Waals surface area contributed by atoms with E-state index >= 15 is 0 Å². The van der Waals surface area contributed by atoms with Gasteiger partial charge in [0.1, 0.15) is 17.5 Å². The van der Waals surface area contributed by atoms with Crippen LogP contribution in [-0.4, -0.2) is 28.2 Å². The van der Waals surface area contributed by atoms with Crippen molar-refractivity contribution in [2.24, 2.45) is 5.84 Å². The summed E-state index contributed by atoms with van der Waals surface area (Å²) in [4.78, 5) is 8.74. The van der Waals surface area contributed by atoms with Crippen LogP contribution in [0, 0.1) is 0 Å². The lowest BCUT2D eigenvalue weighted by Gasteiger charge is -2.09. The molecule has 6 nitrogen and oxygen atoms in total. The zero-order valence-electron chi connectivity index (χ0n) is 11.7. The molecule has 0 fully saturated rings. The average Bonchev–Trinajstić information content (AvgIpc) is 2.43. The fourth-order valence-electron chi connectivity index (χ4n) is 1.80. The van der Waals surface area contributed by atoms with Crippen molar-refractivity contribution >= 4 is 11.6 Å². The van der Waals surface area contributed by atoms with E-state index in [-0.39, 0.29) is 6.61 Å². The molecule has 5 N–H and O–H groups in total. The number of nitrogens with zero attached hydrogens (tertiary/aromatic N) is 2. The molecule has 1 aromatic rings. The monoisotopic (exact) mass is 267 g/mol. The Labute approximate surface area is 114 Å². The third-order valence-electron chi connectivity index (χ3n) is 2.78. The molecule has 0 spiro atoms. The predicted molar refractivity (Wildman–Crippen MR) is 77.9 cm³/mol. The maximum Gasteiger partial charge on any atom is 0.145 e. The van der Waals surface area contributed by atoms with E-state index in [2.05, 4.69) is 27.6 Å². The molecule has 0 aliphatic carbocycles. The van der Waals surface area contributed by atoms with Crippen LogP contribution in [0.25, 0.3) is 0 Å². The van der Waals surface area contributed by atoms with Crippen molar-refractivity contribution < 1.29 is 5.11 Å². The van der Waals surface area contributed by atoms with Crippen LogP contribution in [0.5, 0.6) is 0 Å². The highest BCUT2D eigenvalue weighted by atomic mass is 16.2. The van der Waals surface area contributed by atoms with Gasteiger partial charge in [-0.25, -0.2) is 15.8 Å². The largest absolute Gasteiger partial charge is 0.396 e. The number of nitrogens with two attached hydrogens (primary N) is 1. The van der Waals surface area contributed by atoms with E-state index in [1.54, 1.807) is 0 Å². The quantitative estimate of drug-likeness (QED) is 0.293. The van der Waals surface area contributed by atoms with E-state index in [1.807, 2.05) is 6.07 Å². The van der Waals surface area contributed by atoms with Gasteiger partial charge in [-0.05, 0) is 19.3 Å². The first kappa shape index (κ1) is 15.7. The Morgan fingerprint density at radius 1 is 1.16 bits per heavy atom. The average molecular weight is 267 g/mol. The third-order valence-corrected chi connectivity index (χ3v) is 2.78. The van der Waals surface area contributed by atoms with Crippen LogP contribution < -0.4 is 16.6 Å². The van der Waals surface area contributed by atoms with E-state index in [9.17, 15) is 0 Å². The second-order valence-electron chi connectivity index (χ2n) is 4.51. The van der Waals surface area contributed by atoms with Crippen molar-refractivity contribution in [3.05, 3.63) is 11.9 Å². The van der Waals surface area contributed by atoms with E-state index in [1.165, 1.54) is 0 Å². The molecule has 0 atom stereocenters. The molecule has 108 valence electrons. The van der Waals surface area contributed by atoms with Gasteiger partial charge >= 0.3 is 0 Å². The summed E-state index contributed by atoms with van der Waals surface area (Å²) >= 11 is 0. The van der Waals surface area contributed by atoms with Crippen LogP contribution in [0.2, 0.25) is 0 Å². The topological polar surface area (TPSA) is 96.1 Å². The first-order chi connectivity index (χ1) is 9.30. The van der Waals surface area contributed by atoms with Crippen LogP contribution in [0.3, 0.4) is 0 Å². The number of rotatable bonds is 10. The first-order valence-corrected chi connectivity index (χ1v) is 6.99. The number of nitrogen functional groups attached to an aromatic ring is 1. The fraction of sp³-hybridized carbons (Fsp3) is 0.692. The molecule has 0 saturated heterocycles. The molecule has 0 unspecified atom stereocenters. The van der Waals surface area contributed by atoms with Gasteiger partial charge in [0.2, 0.25) is 0 Å². The van der Waals surface area contributed by atoms with E-state index in [4.69, 9.17) is 10.9 Å². The number of anilines is 2. The number of aryl methyl sites for hydroxylation is 1. The van der Waals surface area contributed by atoms with E-state index < -0.39 is 0 Å². The molecule has 0 radical (unpaired) electrons. The summed E-state index contributed by atoms with van der Waals surface area (Å²) in [6.07, 6.45) is 5.99. The number of unbranched alkanes of at least 4 members (excludes halogenated alkanes) is 3. The molecular formula is C13H25N5O. The number of aliphatic hydroxyl groups excluding tert-OH is 1. The number of aromatic nitrogens is 2. The van der Waals surface area contributed by atoms with Crippen LogP contribution in [0.15, 0.2) is 6.07 Å². The molecule has 0 amide bonds. The zero-order valence-corrected chi connectivity index (χ0v) is 11.7. The first-order valence-electron chi connectivity index (χ1n) is 6.99. The number of hydrogen-bond acceptors (Lipinski definition) is 6. The van der Waals surface area contributed by atoms with Gasteiger partial charge in [-0.1, -0.05) is 19.8 Å². The maximum atomic E-state index is 8.69. The van der Waals surface area contributed by atoms with Crippen molar-refractivity contribution in [2.45, 2.75) is 45.4 Å². The van der Waals surface area contributed by atoms with Gasteiger partial charge in [0.25, 0.3) is 0 Å². The Morgan fingerprint density at radius 2 is 1.89 bits per heavy atom. The summed E-state index contributed by atoms with van der Waals surface area (Å²) in [6.45, 7) is 3.25. The van der Waals surface area contributed by atoms with E-state index in [0.29, 0.717) is 5.82 Å². The lowest BCUT2D eigenvalue weighted by atomic mass is 10.2. The minimum Gasteiger partial charge on any atom is -0.396 e. The molecule has 6 heteroatoms. The summed E-state index contributed by atoms with van der Waals surface area (Å²) < 4.78 is 0. The second-order valence-corrected chi connectivity index (χ2v) is 4.51. The molecule has 1 rings (SSSR count). The normalized spacial score (nSPS) is 10.5. The summed E-state index contributed by atoms with van der Waals surface area (Å²) in [5, 5.41) is 12.0. The summed E-state index contributed by atoms with van der Waals surface area (Å²) in [5.74, 6) is 7.66. The lowest BCUT2D eigenvalue weighted by molar-refractivity contribution is 0.283. The molecule has 1 aromatic heterocycles. The van der Waals surface area contributed by atoms with Crippen LogP contribution in [0.4, 0.5) is 11.6 Å². The van der Waals surface area contributed by atoms with Crippen LogP contribution in [0.1, 0.15) is 44.9 Å². The van der Waals surface area contributed by atoms with E-state index in [0.717, 1.165) is 56.7 Å². The molecule has 0 bridgehead atoms. The fourth-order valence-corrected chi connectivity index (χ4v) is 1.80. The molecule has 0 saturated carbocycles. The van der Waals surface area contributed by atoms with Gasteiger partial charge in [-0.15, -0.1) is 0 Å². The van der Waals surface area contributed by atoms with Crippen molar-refractivity contribution in [2.75, 3.05) is 23.9 Å². The summed E-state index contributed by atoms with van der Waals surface area (Å²) in [6, 6.07) is 1.81. The highest BCUT2D eigenvalue weighted by molar-refractivity contribution is 5.46. The molecular weight excluding hydrogens is 242 g/mol.